The third-order valence-corrected chi connectivity index (χ3v) is 9.04. The maximum atomic E-state index is 14.9. The highest BCUT2D eigenvalue weighted by atomic mass is 32.2. The van der Waals surface area contributed by atoms with Crippen LogP contribution in [0.5, 0.6) is 0 Å². The molecule has 1 spiro atoms. The number of hydrogen-bond acceptors (Lipinski definition) is 8. The summed E-state index contributed by atoms with van der Waals surface area (Å²) in [7, 11) is -1.87. The highest BCUT2D eigenvalue weighted by molar-refractivity contribution is 7.93. The van der Waals surface area contributed by atoms with Crippen LogP contribution in [-0.4, -0.2) is 65.5 Å². The minimum atomic E-state index is -3.71. The zero-order valence-electron chi connectivity index (χ0n) is 18.3. The van der Waals surface area contributed by atoms with E-state index >= 15 is 0 Å². The van der Waals surface area contributed by atoms with Crippen molar-refractivity contribution in [2.24, 2.45) is 10.7 Å². The number of hydrogen-bond donors (Lipinski definition) is 1. The second kappa shape index (κ2) is 7.70. The van der Waals surface area contributed by atoms with Crippen molar-refractivity contribution in [3.8, 4) is 0 Å². The quantitative estimate of drug-likeness (QED) is 0.687. The lowest BCUT2D eigenvalue weighted by Gasteiger charge is -2.39. The molecule has 1 aromatic carbocycles. The van der Waals surface area contributed by atoms with Gasteiger partial charge < -0.3 is 10.6 Å². The Morgan fingerprint density at radius 2 is 2.03 bits per heavy atom. The third kappa shape index (κ3) is 3.71. The highest BCUT2D eigenvalue weighted by Crippen LogP contribution is 2.41. The van der Waals surface area contributed by atoms with Crippen LogP contribution >= 0.6 is 0 Å². The van der Waals surface area contributed by atoms with Gasteiger partial charge in [0.15, 0.2) is 15.6 Å². The van der Waals surface area contributed by atoms with E-state index in [1.54, 1.807) is 13.8 Å². The predicted molar refractivity (Wildman–Crippen MR) is 119 cm³/mol. The van der Waals surface area contributed by atoms with Crippen molar-refractivity contribution >= 4 is 21.5 Å². The third-order valence-electron chi connectivity index (χ3n) is 6.37. The van der Waals surface area contributed by atoms with Gasteiger partial charge in [0.1, 0.15) is 27.6 Å². The first-order chi connectivity index (χ1) is 15.0. The molecule has 4 rings (SSSR count). The van der Waals surface area contributed by atoms with Gasteiger partial charge in [-0.2, -0.15) is 0 Å². The van der Waals surface area contributed by atoms with Crippen molar-refractivity contribution in [3.63, 3.8) is 0 Å². The van der Waals surface area contributed by atoms with Gasteiger partial charge >= 0.3 is 0 Å². The summed E-state index contributed by atoms with van der Waals surface area (Å²) >= 11 is 0. The molecule has 2 aliphatic heterocycles. The second-order valence-electron chi connectivity index (χ2n) is 8.97. The Labute approximate surface area is 186 Å². The minimum absolute atomic E-state index is 0.0198. The van der Waals surface area contributed by atoms with Gasteiger partial charge in [0, 0.05) is 24.7 Å². The van der Waals surface area contributed by atoms with Crippen molar-refractivity contribution in [2.45, 2.75) is 37.0 Å². The summed E-state index contributed by atoms with van der Waals surface area (Å²) in [5.74, 6) is -1.20. The molecule has 1 saturated heterocycles. The highest BCUT2D eigenvalue weighted by Gasteiger charge is 2.57. The van der Waals surface area contributed by atoms with Gasteiger partial charge in [-0.05, 0) is 51.6 Å². The van der Waals surface area contributed by atoms with E-state index in [0.29, 0.717) is 24.2 Å². The van der Waals surface area contributed by atoms with Crippen LogP contribution in [0.4, 0.5) is 4.39 Å². The Bertz CT molecular complexity index is 1210. The molecule has 0 amide bonds. The summed E-state index contributed by atoms with van der Waals surface area (Å²) in [6.07, 6.45) is 3.25. The average molecular weight is 460 g/mol. The van der Waals surface area contributed by atoms with Gasteiger partial charge in [-0.3, -0.25) is 14.8 Å². The number of nitrogens with two attached hydrogens (primary N) is 1. The van der Waals surface area contributed by atoms with Crippen LogP contribution in [0.2, 0.25) is 0 Å². The summed E-state index contributed by atoms with van der Waals surface area (Å²) in [5, 5.41) is 0. The number of likely N-dealkylation sites (tertiary alicyclic amines) is 1. The lowest BCUT2D eigenvalue weighted by atomic mass is 9.90. The first kappa shape index (κ1) is 22.5. The minimum Gasteiger partial charge on any atom is -0.386 e. The number of benzene rings is 1. The number of carbonyl (C=O) groups is 1. The maximum Gasteiger partial charge on any atom is 0.187 e. The van der Waals surface area contributed by atoms with Gasteiger partial charge in [-0.25, -0.2) is 17.8 Å². The Morgan fingerprint density at radius 3 is 2.62 bits per heavy atom. The molecule has 0 saturated carbocycles. The van der Waals surface area contributed by atoms with Gasteiger partial charge in [-0.15, -0.1) is 0 Å². The Kier molecular flexibility index (Phi) is 5.41. The van der Waals surface area contributed by atoms with Crippen molar-refractivity contribution in [1.82, 2.24) is 14.9 Å². The zero-order valence-corrected chi connectivity index (χ0v) is 19.1. The number of aromatic nitrogens is 2. The Morgan fingerprint density at radius 1 is 1.28 bits per heavy atom. The number of nitrogens with zero attached hydrogens (tertiary/aromatic N) is 4. The van der Waals surface area contributed by atoms with E-state index in [9.17, 15) is 17.6 Å². The molecule has 0 aliphatic carbocycles. The fourth-order valence-electron chi connectivity index (χ4n) is 4.54. The zero-order chi connectivity index (χ0) is 23.3. The number of ketones is 1. The molecular weight excluding hydrogens is 433 g/mol. The Balaban J connectivity index is 1.69. The first-order valence-electron chi connectivity index (χ1n) is 10.3. The molecule has 3 heterocycles. The topological polar surface area (TPSA) is 119 Å². The number of sulfone groups is 1. The molecule has 1 aromatic heterocycles. The largest absolute Gasteiger partial charge is 0.386 e. The molecule has 32 heavy (non-hydrogen) atoms. The first-order valence-corrected chi connectivity index (χ1v) is 12.0. The van der Waals surface area contributed by atoms with Crippen LogP contribution in [0.15, 0.2) is 35.6 Å². The van der Waals surface area contributed by atoms with E-state index in [2.05, 4.69) is 15.0 Å². The number of carbonyl (C=O) groups excluding carboxylic acids is 1. The molecule has 2 aromatic rings. The number of halogens is 1. The second-order valence-corrected chi connectivity index (χ2v) is 11.3. The van der Waals surface area contributed by atoms with Gasteiger partial charge in [-0.1, -0.05) is 6.07 Å². The average Bonchev–Trinajstić information content (AvgIpc) is 3.12. The van der Waals surface area contributed by atoms with Gasteiger partial charge in [0.25, 0.3) is 0 Å². The summed E-state index contributed by atoms with van der Waals surface area (Å²) in [5.41, 5.74) is 6.38. The van der Waals surface area contributed by atoms with Crippen molar-refractivity contribution < 1.29 is 17.6 Å². The molecule has 170 valence electrons. The molecule has 2 N–H and O–H groups in total. The van der Waals surface area contributed by atoms with Crippen LogP contribution in [0.3, 0.4) is 0 Å². The fraction of sp³-hybridized carbons (Fsp3) is 0.455. The molecule has 2 atom stereocenters. The number of rotatable bonds is 4. The van der Waals surface area contributed by atoms with Crippen LogP contribution < -0.4 is 5.73 Å². The summed E-state index contributed by atoms with van der Waals surface area (Å²) < 4.78 is 40.4. The van der Waals surface area contributed by atoms with Crippen molar-refractivity contribution in [2.75, 3.05) is 25.9 Å². The monoisotopic (exact) mass is 459 g/mol. The van der Waals surface area contributed by atoms with E-state index in [1.165, 1.54) is 30.6 Å². The Hall–Kier alpha value is -2.72. The lowest BCUT2D eigenvalue weighted by molar-refractivity contribution is 0.0987. The SMILES string of the molecule is Cc1cnc(C(=O)Cc2ccc(F)c([C@]3(C)CS(=O)(=O)C4(CCN(C)C4)C(N)=N3)c2)cn1. The molecule has 8 nitrogen and oxygen atoms in total. The van der Waals surface area contributed by atoms with Gasteiger partial charge in [0.05, 0.1) is 17.6 Å². The number of Topliss-reactive ketones (excluding diaryl/α,β-unsaturated/α-hetero) is 1. The van der Waals surface area contributed by atoms with Crippen LogP contribution in [-0.2, 0) is 21.8 Å². The number of amidine groups is 1. The van der Waals surface area contributed by atoms with E-state index in [-0.39, 0.29) is 41.6 Å². The molecule has 0 radical (unpaired) electrons. The van der Waals surface area contributed by atoms with Crippen LogP contribution in [0, 0.1) is 12.7 Å². The lowest BCUT2D eigenvalue weighted by Crippen LogP contribution is -2.59. The van der Waals surface area contributed by atoms with E-state index in [1.807, 2.05) is 11.9 Å². The van der Waals surface area contributed by atoms with Crippen molar-refractivity contribution in [1.29, 1.82) is 0 Å². The normalized spacial score (nSPS) is 27.4. The fourth-order valence-corrected chi connectivity index (χ4v) is 6.96. The van der Waals surface area contributed by atoms with E-state index < -0.39 is 25.9 Å². The molecule has 1 fully saturated rings. The molecular formula is C22H26FN5O3S. The molecule has 10 heteroatoms. The molecule has 0 bridgehead atoms. The molecule has 1 unspecified atom stereocenters. The summed E-state index contributed by atoms with van der Waals surface area (Å²) in [4.78, 5) is 27.2. The maximum absolute atomic E-state index is 14.9. The van der Waals surface area contributed by atoms with Crippen LogP contribution in [0.1, 0.15) is 40.7 Å². The van der Waals surface area contributed by atoms with Crippen molar-refractivity contribution in [3.05, 3.63) is 58.9 Å². The molecule has 2 aliphatic rings. The van der Waals surface area contributed by atoms with E-state index in [4.69, 9.17) is 5.73 Å². The van der Waals surface area contributed by atoms with E-state index in [0.717, 1.165) is 0 Å². The number of aryl methyl sites for hydroxylation is 1. The number of aliphatic imine (C=N–C) groups is 1. The smallest absolute Gasteiger partial charge is 0.187 e. The summed E-state index contributed by atoms with van der Waals surface area (Å²) in [6.45, 7) is 4.21. The van der Waals surface area contributed by atoms with Gasteiger partial charge in [0.2, 0.25) is 0 Å². The predicted octanol–water partition coefficient (Wildman–Crippen LogP) is 1.42. The summed E-state index contributed by atoms with van der Waals surface area (Å²) in [6, 6.07) is 4.23. The standard InChI is InChI=1S/C22H26FN5O3S/c1-14-10-26-18(11-25-14)19(29)9-15-4-5-17(23)16(8-15)21(2)13-32(30,31)22(20(24)27-21)6-7-28(3)12-22/h4-5,8,10-11H,6-7,9,12-13H2,1-3H3,(H2,24,27)/t21-,22?/m0/s1. The van der Waals surface area contributed by atoms with Crippen LogP contribution in [0.25, 0.3) is 0 Å².